The quantitative estimate of drug-likeness (QED) is 0.349. The van der Waals surface area contributed by atoms with Crippen molar-refractivity contribution >= 4 is 43.2 Å². The van der Waals surface area contributed by atoms with Crippen molar-refractivity contribution < 1.29 is 13.2 Å². The largest absolute Gasteiger partial charge is 0.325 e. The van der Waals surface area contributed by atoms with E-state index in [1.54, 1.807) is 18.2 Å². The molecule has 176 valence electrons. The van der Waals surface area contributed by atoms with Gasteiger partial charge < -0.3 is 5.32 Å². The van der Waals surface area contributed by atoms with Crippen molar-refractivity contribution in [3.63, 3.8) is 0 Å². The van der Waals surface area contributed by atoms with Crippen LogP contribution in [0.3, 0.4) is 0 Å². The Morgan fingerprint density at radius 3 is 2.41 bits per heavy atom. The van der Waals surface area contributed by atoms with Gasteiger partial charge in [0.15, 0.2) is 0 Å². The summed E-state index contributed by atoms with van der Waals surface area (Å²) in [4.78, 5) is 17.5. The first-order valence-corrected chi connectivity index (χ1v) is 13.3. The van der Waals surface area contributed by atoms with E-state index in [1.165, 1.54) is 21.2 Å². The fraction of sp³-hybridized carbons (Fsp3) is 0.231. The highest BCUT2D eigenvalue weighted by molar-refractivity contribution is 7.89. The van der Waals surface area contributed by atoms with Gasteiger partial charge in [-0.2, -0.15) is 4.31 Å². The minimum atomic E-state index is -3.94. The van der Waals surface area contributed by atoms with E-state index in [4.69, 9.17) is 0 Å². The molecule has 1 N–H and O–H groups in total. The molecule has 34 heavy (non-hydrogen) atoms. The maximum atomic E-state index is 13.6. The Bertz CT molecular complexity index is 1400. The molecule has 8 heteroatoms. The summed E-state index contributed by atoms with van der Waals surface area (Å²) in [5.41, 5.74) is 3.36. The maximum Gasteiger partial charge on any atom is 0.243 e. The number of hydrogen-bond donors (Lipinski definition) is 1. The summed E-state index contributed by atoms with van der Waals surface area (Å²) in [6.45, 7) is 5.87. The lowest BCUT2D eigenvalue weighted by atomic mass is 10.0. The molecular weight excluding hydrogens is 466 g/mol. The fourth-order valence-corrected chi connectivity index (χ4v) is 6.01. The molecule has 0 aliphatic heterocycles. The molecule has 4 rings (SSSR count). The third-order valence-corrected chi connectivity index (χ3v) is 8.21. The van der Waals surface area contributed by atoms with Crippen LogP contribution >= 0.6 is 11.3 Å². The van der Waals surface area contributed by atoms with Gasteiger partial charge in [0, 0.05) is 12.2 Å². The Kier molecular flexibility index (Phi) is 7.11. The van der Waals surface area contributed by atoms with Crippen molar-refractivity contribution in [3.05, 3.63) is 88.9 Å². The third kappa shape index (κ3) is 5.52. The van der Waals surface area contributed by atoms with Crippen LogP contribution in [-0.2, 0) is 21.4 Å². The lowest BCUT2D eigenvalue weighted by Gasteiger charge is -2.22. The number of fused-ring (bicyclic) bond motifs is 1. The molecule has 0 fully saturated rings. The van der Waals surface area contributed by atoms with Crippen LogP contribution in [0.4, 0.5) is 5.69 Å². The molecule has 0 unspecified atom stereocenters. The lowest BCUT2D eigenvalue weighted by Crippen LogP contribution is -2.37. The van der Waals surface area contributed by atoms with Gasteiger partial charge in [-0.3, -0.25) is 4.79 Å². The molecule has 0 aliphatic rings. The molecule has 0 bridgehead atoms. The van der Waals surface area contributed by atoms with Gasteiger partial charge in [-0.05, 0) is 54.3 Å². The molecule has 4 aromatic rings. The van der Waals surface area contributed by atoms with Crippen LogP contribution in [0.15, 0.2) is 77.7 Å². The van der Waals surface area contributed by atoms with E-state index < -0.39 is 15.9 Å². The zero-order valence-electron chi connectivity index (χ0n) is 19.4. The van der Waals surface area contributed by atoms with E-state index in [9.17, 15) is 13.2 Å². The monoisotopic (exact) mass is 493 g/mol. The van der Waals surface area contributed by atoms with Gasteiger partial charge in [-0.1, -0.05) is 56.3 Å². The molecular formula is C26H27N3O3S2. The topological polar surface area (TPSA) is 79.4 Å². The predicted molar refractivity (Wildman–Crippen MR) is 138 cm³/mol. The summed E-state index contributed by atoms with van der Waals surface area (Å²) in [5.74, 6) is -0.0116. The van der Waals surface area contributed by atoms with Crippen LogP contribution < -0.4 is 5.32 Å². The van der Waals surface area contributed by atoms with Crippen molar-refractivity contribution in [2.45, 2.75) is 38.1 Å². The molecule has 0 spiro atoms. The van der Waals surface area contributed by atoms with Crippen molar-refractivity contribution in [2.24, 2.45) is 0 Å². The molecule has 1 heterocycles. The summed E-state index contributed by atoms with van der Waals surface area (Å²) in [6.07, 6.45) is 0. The second kappa shape index (κ2) is 10.0. The average Bonchev–Trinajstić information content (AvgIpc) is 3.19. The van der Waals surface area contributed by atoms with E-state index >= 15 is 0 Å². The molecule has 1 aromatic heterocycles. The lowest BCUT2D eigenvalue weighted by molar-refractivity contribution is -0.116. The summed E-state index contributed by atoms with van der Waals surface area (Å²) in [6, 6.07) is 21.8. The zero-order valence-corrected chi connectivity index (χ0v) is 21.0. The van der Waals surface area contributed by atoms with Gasteiger partial charge in [0.1, 0.15) is 0 Å². The first-order chi connectivity index (χ1) is 16.2. The van der Waals surface area contributed by atoms with Crippen LogP contribution in [0.25, 0.3) is 10.2 Å². The highest BCUT2D eigenvalue weighted by Crippen LogP contribution is 2.27. The molecule has 3 aromatic carbocycles. The molecule has 0 saturated carbocycles. The number of aromatic nitrogens is 1. The van der Waals surface area contributed by atoms with Crippen LogP contribution in [0.5, 0.6) is 0 Å². The van der Waals surface area contributed by atoms with E-state index in [-0.39, 0.29) is 18.0 Å². The summed E-state index contributed by atoms with van der Waals surface area (Å²) in [5, 5.41) is 3.70. The number of rotatable bonds is 8. The number of nitrogens with zero attached hydrogens (tertiary/aromatic N) is 2. The number of amides is 1. The second-order valence-electron chi connectivity index (χ2n) is 8.45. The van der Waals surface area contributed by atoms with E-state index in [2.05, 4.69) is 24.1 Å². The predicted octanol–water partition coefficient (Wildman–Crippen LogP) is 5.56. The Balaban J connectivity index is 1.60. The smallest absolute Gasteiger partial charge is 0.243 e. The van der Waals surface area contributed by atoms with Gasteiger partial charge in [-0.15, -0.1) is 11.3 Å². The van der Waals surface area contributed by atoms with Gasteiger partial charge in [0.25, 0.3) is 0 Å². The van der Waals surface area contributed by atoms with Crippen LogP contribution in [0, 0.1) is 6.92 Å². The highest BCUT2D eigenvalue weighted by Gasteiger charge is 2.27. The number of thiazole rings is 1. The number of hydrogen-bond acceptors (Lipinski definition) is 5. The molecule has 0 saturated heterocycles. The van der Waals surface area contributed by atoms with E-state index in [0.717, 1.165) is 20.8 Å². The van der Waals surface area contributed by atoms with Crippen LogP contribution in [0.1, 0.15) is 35.9 Å². The maximum absolute atomic E-state index is 13.6. The van der Waals surface area contributed by atoms with E-state index in [1.807, 2.05) is 61.5 Å². The fourth-order valence-electron chi connectivity index (χ4n) is 3.65. The Labute approximate surface area is 204 Å². The standard InChI is InChI=1S/C26H27N3O3S2/c1-18(2)21-9-11-22(12-10-21)28-26(30)17-29(16-20-7-5-4-6-8-20)34(31,32)23-13-14-24-25(15-23)33-19(3)27-24/h4-15,18H,16-17H2,1-3H3,(H,28,30). The molecule has 6 nitrogen and oxygen atoms in total. The summed E-state index contributed by atoms with van der Waals surface area (Å²) >= 11 is 1.44. The van der Waals surface area contributed by atoms with Crippen LogP contribution in [0.2, 0.25) is 0 Å². The number of nitrogens with one attached hydrogen (secondary N) is 1. The van der Waals surface area contributed by atoms with E-state index in [0.29, 0.717) is 11.6 Å². The molecule has 1 amide bonds. The van der Waals surface area contributed by atoms with Crippen molar-refractivity contribution in [1.82, 2.24) is 9.29 Å². The van der Waals surface area contributed by atoms with Gasteiger partial charge >= 0.3 is 0 Å². The van der Waals surface area contributed by atoms with Gasteiger partial charge in [-0.25, -0.2) is 13.4 Å². The second-order valence-corrected chi connectivity index (χ2v) is 11.6. The number of aryl methyl sites for hydroxylation is 1. The highest BCUT2D eigenvalue weighted by atomic mass is 32.2. The Hall–Kier alpha value is -3.07. The molecule has 0 aliphatic carbocycles. The number of carbonyl (C=O) groups is 1. The minimum Gasteiger partial charge on any atom is -0.325 e. The van der Waals surface area contributed by atoms with Crippen molar-refractivity contribution in [1.29, 1.82) is 0 Å². The number of benzene rings is 3. The number of sulfonamides is 1. The first kappa shape index (κ1) is 24.1. The molecule has 0 atom stereocenters. The average molecular weight is 494 g/mol. The number of anilines is 1. The SMILES string of the molecule is Cc1nc2ccc(S(=O)(=O)N(CC(=O)Nc3ccc(C(C)C)cc3)Cc3ccccc3)cc2s1. The van der Waals surface area contributed by atoms with Crippen molar-refractivity contribution in [2.75, 3.05) is 11.9 Å². The van der Waals surface area contributed by atoms with Gasteiger partial charge in [0.05, 0.1) is 26.7 Å². The minimum absolute atomic E-state index is 0.0859. The first-order valence-electron chi connectivity index (χ1n) is 11.0. The number of carbonyl (C=O) groups excluding carboxylic acids is 1. The molecule has 0 radical (unpaired) electrons. The summed E-state index contributed by atoms with van der Waals surface area (Å²) < 4.78 is 29.3. The zero-order chi connectivity index (χ0) is 24.3. The van der Waals surface area contributed by atoms with Crippen molar-refractivity contribution in [3.8, 4) is 0 Å². The van der Waals surface area contributed by atoms with Crippen LogP contribution in [-0.4, -0.2) is 30.2 Å². The normalized spacial score (nSPS) is 11.9. The third-order valence-electron chi connectivity index (χ3n) is 5.49. The Morgan fingerprint density at radius 1 is 1.03 bits per heavy atom. The summed E-state index contributed by atoms with van der Waals surface area (Å²) in [7, 11) is -3.94. The van der Waals surface area contributed by atoms with Gasteiger partial charge in [0.2, 0.25) is 15.9 Å². The Morgan fingerprint density at radius 2 is 1.74 bits per heavy atom.